The summed E-state index contributed by atoms with van der Waals surface area (Å²) in [5, 5.41) is 35.4. The van der Waals surface area contributed by atoms with Gasteiger partial charge in [0.05, 0.1) is 12.4 Å². The molecular formula is C25H34N6O8S. The van der Waals surface area contributed by atoms with Crippen molar-refractivity contribution in [1.29, 1.82) is 0 Å². The zero-order chi connectivity index (χ0) is 29.7. The fraction of sp³-hybridized carbons (Fsp3) is 0.440. The van der Waals surface area contributed by atoms with Crippen molar-refractivity contribution in [1.82, 2.24) is 25.9 Å². The topological polar surface area (TPSA) is 237 Å². The van der Waals surface area contributed by atoms with E-state index in [1.54, 1.807) is 18.4 Å². The lowest BCUT2D eigenvalue weighted by molar-refractivity contribution is -0.143. The molecule has 0 saturated carbocycles. The number of nitrogens with two attached hydrogens (primary N) is 1. The first-order valence-electron chi connectivity index (χ1n) is 12.4. The van der Waals surface area contributed by atoms with Crippen molar-refractivity contribution in [3.63, 3.8) is 0 Å². The molecule has 0 saturated heterocycles. The average Bonchev–Trinajstić information content (AvgIpc) is 3.42. The second kappa shape index (κ2) is 16.1. The molecule has 4 atom stereocenters. The highest BCUT2D eigenvalue weighted by Gasteiger charge is 2.31. The van der Waals surface area contributed by atoms with Crippen LogP contribution < -0.4 is 21.7 Å². The number of rotatable bonds is 17. The highest BCUT2D eigenvalue weighted by atomic mass is 32.2. The van der Waals surface area contributed by atoms with E-state index in [2.05, 4.69) is 25.9 Å². The van der Waals surface area contributed by atoms with Gasteiger partial charge >= 0.3 is 11.9 Å². The van der Waals surface area contributed by atoms with Gasteiger partial charge in [0.15, 0.2) is 0 Å². The molecule has 0 aliphatic heterocycles. The number of nitrogens with zero attached hydrogens (tertiary/aromatic N) is 1. The van der Waals surface area contributed by atoms with E-state index in [0.717, 1.165) is 0 Å². The SMILES string of the molecule is CSCCC(NC(=O)C(CCC(=O)O)NC(=O)C(Cc1cnc[nH]1)NC(=O)C(N)Cc1ccc(O)cc1)C(=O)O. The fourth-order valence-corrected chi connectivity index (χ4v) is 4.13. The number of thioether (sulfide) groups is 1. The summed E-state index contributed by atoms with van der Waals surface area (Å²) in [6, 6.07) is 1.21. The fourth-order valence-electron chi connectivity index (χ4n) is 3.66. The first-order chi connectivity index (χ1) is 19.0. The van der Waals surface area contributed by atoms with Gasteiger partial charge in [0.2, 0.25) is 17.7 Å². The number of aromatic hydroxyl groups is 1. The molecule has 40 heavy (non-hydrogen) atoms. The maximum absolute atomic E-state index is 13.3. The Morgan fingerprint density at radius 3 is 2.12 bits per heavy atom. The van der Waals surface area contributed by atoms with Crippen LogP contribution in [0.15, 0.2) is 36.8 Å². The van der Waals surface area contributed by atoms with Crippen LogP contribution in [0, 0.1) is 0 Å². The molecule has 2 aromatic rings. The third-order valence-corrected chi connectivity index (χ3v) is 6.49. The summed E-state index contributed by atoms with van der Waals surface area (Å²) in [4.78, 5) is 68.6. The molecule has 9 N–H and O–H groups in total. The average molecular weight is 579 g/mol. The van der Waals surface area contributed by atoms with E-state index in [1.165, 1.54) is 36.4 Å². The highest BCUT2D eigenvalue weighted by molar-refractivity contribution is 7.98. The van der Waals surface area contributed by atoms with Crippen LogP contribution in [0.4, 0.5) is 0 Å². The molecule has 14 nitrogen and oxygen atoms in total. The summed E-state index contributed by atoms with van der Waals surface area (Å²) in [6.45, 7) is 0. The first-order valence-corrected chi connectivity index (χ1v) is 13.7. The number of aromatic nitrogens is 2. The van der Waals surface area contributed by atoms with Crippen LogP contribution in [-0.4, -0.2) is 91.1 Å². The van der Waals surface area contributed by atoms with Crippen LogP contribution in [0.25, 0.3) is 0 Å². The van der Waals surface area contributed by atoms with Crippen molar-refractivity contribution >= 4 is 41.4 Å². The van der Waals surface area contributed by atoms with Gasteiger partial charge in [0.25, 0.3) is 0 Å². The largest absolute Gasteiger partial charge is 0.508 e. The van der Waals surface area contributed by atoms with Crippen molar-refractivity contribution in [3.05, 3.63) is 48.0 Å². The molecule has 4 unspecified atom stereocenters. The van der Waals surface area contributed by atoms with E-state index >= 15 is 0 Å². The predicted molar refractivity (Wildman–Crippen MR) is 145 cm³/mol. The van der Waals surface area contributed by atoms with Gasteiger partial charge in [-0.15, -0.1) is 0 Å². The lowest BCUT2D eigenvalue weighted by Crippen LogP contribution is -2.58. The normalized spacial score (nSPS) is 13.8. The van der Waals surface area contributed by atoms with Crippen LogP contribution in [0.3, 0.4) is 0 Å². The molecule has 1 aromatic heterocycles. The lowest BCUT2D eigenvalue weighted by Gasteiger charge is -2.25. The van der Waals surface area contributed by atoms with Gasteiger partial charge in [0.1, 0.15) is 23.9 Å². The standard InChI is InChI=1S/C25H34N6O8S/c1-40-9-8-19(25(38)39)30-23(36)18(6-7-21(33)34)29-24(37)20(11-15-12-27-13-28-15)31-22(35)17(26)10-14-2-4-16(32)5-3-14/h2-5,12-13,17-20,32H,6-11,26H2,1H3,(H,27,28)(H,29,37)(H,30,36)(H,31,35)(H,33,34)(H,38,39). The number of phenols is 1. The number of carboxylic acids is 2. The molecule has 2 rings (SSSR count). The summed E-state index contributed by atoms with van der Waals surface area (Å²) in [7, 11) is 0. The molecular weight excluding hydrogens is 544 g/mol. The Morgan fingerprint density at radius 1 is 0.925 bits per heavy atom. The van der Waals surface area contributed by atoms with Gasteiger partial charge in [-0.1, -0.05) is 12.1 Å². The Hall–Kier alpha value is -4.11. The molecule has 0 spiro atoms. The molecule has 0 radical (unpaired) electrons. The molecule has 0 aliphatic carbocycles. The smallest absolute Gasteiger partial charge is 0.326 e. The minimum Gasteiger partial charge on any atom is -0.508 e. The number of phenolic OH excluding ortho intramolecular Hbond substituents is 1. The second-order valence-corrected chi connectivity index (χ2v) is 9.98. The molecule has 0 fully saturated rings. The first kappa shape index (κ1) is 32.1. The summed E-state index contributed by atoms with van der Waals surface area (Å²) in [6.07, 6.45) is 4.00. The predicted octanol–water partition coefficient (Wildman–Crippen LogP) is -0.615. The molecule has 3 amide bonds. The van der Waals surface area contributed by atoms with Gasteiger partial charge < -0.3 is 42.0 Å². The van der Waals surface area contributed by atoms with E-state index in [0.29, 0.717) is 17.0 Å². The van der Waals surface area contributed by atoms with Crippen molar-refractivity contribution in [2.24, 2.45) is 5.73 Å². The third-order valence-electron chi connectivity index (χ3n) is 5.85. The minimum atomic E-state index is -1.38. The van der Waals surface area contributed by atoms with Crippen molar-refractivity contribution < 1.29 is 39.3 Å². The quantitative estimate of drug-likeness (QED) is 0.118. The van der Waals surface area contributed by atoms with Crippen LogP contribution in [0.5, 0.6) is 5.75 Å². The second-order valence-electron chi connectivity index (χ2n) is 8.99. The van der Waals surface area contributed by atoms with E-state index in [-0.39, 0.29) is 31.4 Å². The number of aliphatic carboxylic acids is 2. The zero-order valence-electron chi connectivity index (χ0n) is 21.8. The van der Waals surface area contributed by atoms with Crippen molar-refractivity contribution in [3.8, 4) is 5.75 Å². The molecule has 1 heterocycles. The summed E-state index contributed by atoms with van der Waals surface area (Å²) in [5.41, 5.74) is 7.21. The molecule has 1 aromatic carbocycles. The van der Waals surface area contributed by atoms with Crippen LogP contribution in [-0.2, 0) is 36.8 Å². The molecule has 0 aliphatic rings. The van der Waals surface area contributed by atoms with Gasteiger partial charge in [-0.2, -0.15) is 11.8 Å². The molecule has 0 bridgehead atoms. The summed E-state index contributed by atoms with van der Waals surface area (Å²) in [5.74, 6) is -4.31. The number of carbonyl (C=O) groups excluding carboxylic acids is 3. The number of nitrogens with one attached hydrogen (secondary N) is 4. The number of imidazole rings is 1. The Morgan fingerprint density at radius 2 is 1.55 bits per heavy atom. The minimum absolute atomic E-state index is 0.0533. The monoisotopic (exact) mass is 578 g/mol. The number of amides is 3. The van der Waals surface area contributed by atoms with E-state index in [9.17, 15) is 34.2 Å². The number of carboxylic acid groups (broad SMARTS) is 2. The zero-order valence-corrected chi connectivity index (χ0v) is 22.6. The van der Waals surface area contributed by atoms with Crippen molar-refractivity contribution in [2.75, 3.05) is 12.0 Å². The van der Waals surface area contributed by atoms with Gasteiger partial charge in [-0.3, -0.25) is 19.2 Å². The van der Waals surface area contributed by atoms with E-state index in [4.69, 9.17) is 10.8 Å². The van der Waals surface area contributed by atoms with Crippen LogP contribution >= 0.6 is 11.8 Å². The van der Waals surface area contributed by atoms with Gasteiger partial charge in [-0.25, -0.2) is 9.78 Å². The van der Waals surface area contributed by atoms with E-state index in [1.807, 2.05) is 0 Å². The number of carbonyl (C=O) groups is 5. The summed E-state index contributed by atoms with van der Waals surface area (Å²) < 4.78 is 0. The van der Waals surface area contributed by atoms with E-state index < -0.39 is 60.2 Å². The molecule has 218 valence electrons. The Kier molecular flexibility index (Phi) is 12.9. The van der Waals surface area contributed by atoms with Crippen LogP contribution in [0.1, 0.15) is 30.5 Å². The van der Waals surface area contributed by atoms with Crippen LogP contribution in [0.2, 0.25) is 0 Å². The highest BCUT2D eigenvalue weighted by Crippen LogP contribution is 2.11. The maximum Gasteiger partial charge on any atom is 0.326 e. The lowest BCUT2D eigenvalue weighted by atomic mass is 10.0. The number of aromatic amines is 1. The van der Waals surface area contributed by atoms with Crippen molar-refractivity contribution in [2.45, 2.75) is 56.3 Å². The number of H-pyrrole nitrogens is 1. The summed E-state index contributed by atoms with van der Waals surface area (Å²) >= 11 is 1.39. The van der Waals surface area contributed by atoms with Gasteiger partial charge in [-0.05, 0) is 49.0 Å². The third kappa shape index (κ3) is 10.9. The Bertz CT molecular complexity index is 1140. The van der Waals surface area contributed by atoms with Gasteiger partial charge in [0, 0.05) is 24.7 Å². The number of hydrogen-bond donors (Lipinski definition) is 8. The Balaban J connectivity index is 2.18. The maximum atomic E-state index is 13.3. The number of hydrogen-bond acceptors (Lipinski definition) is 9. The number of benzene rings is 1. The Labute approximate surface area is 234 Å². The molecule has 15 heteroatoms.